The van der Waals surface area contributed by atoms with Crippen LogP contribution in [-0.4, -0.2) is 24.2 Å². The number of nitrogens with zero attached hydrogens (tertiary/aromatic N) is 3. The van der Waals surface area contributed by atoms with Crippen molar-refractivity contribution in [2.75, 3.05) is 5.32 Å². The number of aromatic nitrogens is 4. The number of carbonyl (C=O) groups excluding carboxylic acids is 1. The highest BCUT2D eigenvalue weighted by atomic mass is 32.1. The van der Waals surface area contributed by atoms with Crippen LogP contribution in [0.25, 0.3) is 11.0 Å². The summed E-state index contributed by atoms with van der Waals surface area (Å²) < 4.78 is 9.26. The molecule has 0 saturated heterocycles. The summed E-state index contributed by atoms with van der Waals surface area (Å²) in [5, 5.41) is 4.52. The third-order valence-electron chi connectivity index (χ3n) is 3.73. The van der Waals surface area contributed by atoms with Crippen molar-refractivity contribution in [3.05, 3.63) is 73.2 Å². The predicted octanol–water partition coefficient (Wildman–Crippen LogP) is 1.90. The zero-order valence-electron chi connectivity index (χ0n) is 13.1. The van der Waals surface area contributed by atoms with E-state index in [-0.39, 0.29) is 12.1 Å². The monoisotopic (exact) mass is 385 g/mol. The smallest absolute Gasteiger partial charge is 0.320 e. The lowest BCUT2D eigenvalue weighted by Gasteiger charge is -2.07. The molecule has 0 fully saturated rings. The number of benzene rings is 1. The second-order valence-corrected chi connectivity index (χ2v) is 6.93. The largest absolute Gasteiger partial charge is 0.328 e. The number of fused-ring (bicyclic) bond motifs is 1. The Hall–Kier alpha value is -3.11. The molecule has 3 aromatic heterocycles. The summed E-state index contributed by atoms with van der Waals surface area (Å²) in [6, 6.07) is 8.85. The summed E-state index contributed by atoms with van der Waals surface area (Å²) in [5.74, 6) is -0.619. The van der Waals surface area contributed by atoms with Crippen LogP contribution >= 0.6 is 23.1 Å². The van der Waals surface area contributed by atoms with Gasteiger partial charge in [0.15, 0.2) is 0 Å². The molecule has 1 aromatic carbocycles. The maximum atomic E-state index is 12.6. The van der Waals surface area contributed by atoms with Crippen molar-refractivity contribution < 1.29 is 4.79 Å². The highest BCUT2D eigenvalue weighted by Gasteiger charge is 2.17. The molecule has 130 valence electrons. The van der Waals surface area contributed by atoms with E-state index in [1.165, 1.54) is 11.3 Å². The van der Waals surface area contributed by atoms with E-state index < -0.39 is 17.2 Å². The van der Waals surface area contributed by atoms with Crippen LogP contribution in [0.2, 0.25) is 0 Å². The van der Waals surface area contributed by atoms with Gasteiger partial charge in [0.25, 0.3) is 11.5 Å². The zero-order valence-corrected chi connectivity index (χ0v) is 14.8. The van der Waals surface area contributed by atoms with Crippen LogP contribution in [0, 0.1) is 0 Å². The second kappa shape index (κ2) is 6.65. The van der Waals surface area contributed by atoms with E-state index in [1.807, 2.05) is 17.5 Å². The van der Waals surface area contributed by atoms with E-state index in [2.05, 4.69) is 19.0 Å². The molecule has 0 saturated carbocycles. The molecule has 0 bridgehead atoms. The van der Waals surface area contributed by atoms with E-state index in [9.17, 15) is 14.4 Å². The first-order valence-corrected chi connectivity index (χ1v) is 9.12. The summed E-state index contributed by atoms with van der Waals surface area (Å²) in [7, 11) is 0. The maximum absolute atomic E-state index is 12.6. The molecule has 0 radical (unpaired) electrons. The fourth-order valence-corrected chi connectivity index (χ4v) is 3.71. The lowest BCUT2D eigenvalue weighted by molar-refractivity contribution is 0.102. The number of H-pyrrole nitrogens is 1. The Labute approximate surface area is 154 Å². The Morgan fingerprint density at radius 3 is 2.88 bits per heavy atom. The Balaban J connectivity index is 1.69. The van der Waals surface area contributed by atoms with E-state index in [0.29, 0.717) is 16.7 Å². The molecule has 0 spiro atoms. The van der Waals surface area contributed by atoms with E-state index in [0.717, 1.165) is 27.4 Å². The molecule has 8 nitrogen and oxygen atoms in total. The average Bonchev–Trinajstić information content (AvgIpc) is 3.30. The van der Waals surface area contributed by atoms with Gasteiger partial charge >= 0.3 is 5.69 Å². The van der Waals surface area contributed by atoms with Gasteiger partial charge in [0.1, 0.15) is 16.6 Å². The molecular weight excluding hydrogens is 374 g/mol. The first-order chi connectivity index (χ1) is 12.6. The molecule has 0 aliphatic rings. The first kappa shape index (κ1) is 16.4. The van der Waals surface area contributed by atoms with Gasteiger partial charge in [0.2, 0.25) is 0 Å². The number of thiophene rings is 1. The highest BCUT2D eigenvalue weighted by Crippen LogP contribution is 2.21. The van der Waals surface area contributed by atoms with Crippen LogP contribution < -0.4 is 16.6 Å². The summed E-state index contributed by atoms with van der Waals surface area (Å²) in [5.41, 5.74) is 0.297. The summed E-state index contributed by atoms with van der Waals surface area (Å²) in [4.78, 5) is 40.5. The normalized spacial score (nSPS) is 10.9. The van der Waals surface area contributed by atoms with Gasteiger partial charge in [-0.2, -0.15) is 8.75 Å². The number of amides is 1. The molecule has 0 atom stereocenters. The van der Waals surface area contributed by atoms with Gasteiger partial charge in [0.05, 0.1) is 24.0 Å². The van der Waals surface area contributed by atoms with Crippen LogP contribution in [0.3, 0.4) is 0 Å². The number of aromatic amines is 1. The molecule has 4 aromatic rings. The lowest BCUT2D eigenvalue weighted by Crippen LogP contribution is -2.39. The maximum Gasteiger partial charge on any atom is 0.328 e. The molecule has 0 unspecified atom stereocenters. The fraction of sp³-hybridized carbons (Fsp3) is 0.0625. The van der Waals surface area contributed by atoms with Crippen molar-refractivity contribution in [2.24, 2.45) is 0 Å². The molecule has 4 rings (SSSR count). The molecule has 3 heterocycles. The van der Waals surface area contributed by atoms with Gasteiger partial charge in [-0.1, -0.05) is 12.1 Å². The van der Waals surface area contributed by atoms with Crippen molar-refractivity contribution in [1.82, 2.24) is 18.3 Å². The third kappa shape index (κ3) is 2.95. The van der Waals surface area contributed by atoms with Crippen molar-refractivity contribution in [2.45, 2.75) is 6.54 Å². The zero-order chi connectivity index (χ0) is 18.1. The van der Waals surface area contributed by atoms with Crippen molar-refractivity contribution >= 4 is 45.7 Å². The number of hydrogen-bond acceptors (Lipinski definition) is 7. The Bertz CT molecular complexity index is 1210. The van der Waals surface area contributed by atoms with Crippen molar-refractivity contribution in [3.8, 4) is 0 Å². The van der Waals surface area contributed by atoms with Crippen molar-refractivity contribution in [1.29, 1.82) is 0 Å². The molecule has 1 amide bonds. The average molecular weight is 385 g/mol. The standard InChI is InChI=1S/C16H11N5O3S2/c22-14(18-11-4-1-5-12-13(11)20-26-19-12)10-7-17-16(24)21(15(10)23)8-9-3-2-6-25-9/h1-7H,8H2,(H,17,24)(H,18,22). The summed E-state index contributed by atoms with van der Waals surface area (Å²) in [6.45, 7) is 0.110. The summed E-state index contributed by atoms with van der Waals surface area (Å²) >= 11 is 2.46. The quantitative estimate of drug-likeness (QED) is 0.558. The van der Waals surface area contributed by atoms with Gasteiger partial charge in [0, 0.05) is 11.1 Å². The Morgan fingerprint density at radius 1 is 1.19 bits per heavy atom. The second-order valence-electron chi connectivity index (χ2n) is 5.37. The van der Waals surface area contributed by atoms with E-state index in [1.54, 1.807) is 18.2 Å². The molecule has 0 aliphatic heterocycles. The van der Waals surface area contributed by atoms with Gasteiger partial charge in [-0.25, -0.2) is 4.79 Å². The van der Waals surface area contributed by atoms with Crippen LogP contribution in [0.1, 0.15) is 15.2 Å². The van der Waals surface area contributed by atoms with Crippen LogP contribution in [0.4, 0.5) is 5.69 Å². The minimum Gasteiger partial charge on any atom is -0.320 e. The van der Waals surface area contributed by atoms with E-state index >= 15 is 0 Å². The topological polar surface area (TPSA) is 110 Å². The minimum atomic E-state index is -0.650. The highest BCUT2D eigenvalue weighted by molar-refractivity contribution is 7.09. The van der Waals surface area contributed by atoms with Gasteiger partial charge in [-0.15, -0.1) is 11.3 Å². The number of nitrogens with one attached hydrogen (secondary N) is 2. The third-order valence-corrected chi connectivity index (χ3v) is 5.14. The fourth-order valence-electron chi connectivity index (χ4n) is 2.47. The first-order valence-electron chi connectivity index (χ1n) is 7.51. The number of anilines is 1. The van der Waals surface area contributed by atoms with Gasteiger partial charge in [-0.05, 0) is 23.6 Å². The molecular formula is C16H11N5O3S2. The van der Waals surface area contributed by atoms with Gasteiger partial charge in [-0.3, -0.25) is 14.2 Å². The minimum absolute atomic E-state index is 0.110. The summed E-state index contributed by atoms with van der Waals surface area (Å²) in [6.07, 6.45) is 1.13. The molecule has 0 aliphatic carbocycles. The Morgan fingerprint density at radius 2 is 2.08 bits per heavy atom. The SMILES string of the molecule is O=C(Nc1cccc2nsnc12)c1c[nH]c(=O)n(Cc2cccs2)c1=O. The predicted molar refractivity (Wildman–Crippen MR) is 100 cm³/mol. The number of hydrogen-bond donors (Lipinski definition) is 2. The molecule has 10 heteroatoms. The lowest BCUT2D eigenvalue weighted by atomic mass is 10.2. The Kier molecular flexibility index (Phi) is 4.19. The van der Waals surface area contributed by atoms with Crippen LogP contribution in [-0.2, 0) is 6.54 Å². The van der Waals surface area contributed by atoms with Crippen molar-refractivity contribution in [3.63, 3.8) is 0 Å². The van der Waals surface area contributed by atoms with Crippen LogP contribution in [0.5, 0.6) is 0 Å². The number of carbonyl (C=O) groups is 1. The molecule has 2 N–H and O–H groups in total. The van der Waals surface area contributed by atoms with Gasteiger partial charge < -0.3 is 10.3 Å². The van der Waals surface area contributed by atoms with E-state index in [4.69, 9.17) is 0 Å². The molecule has 26 heavy (non-hydrogen) atoms. The number of rotatable bonds is 4. The van der Waals surface area contributed by atoms with Crippen LogP contribution in [0.15, 0.2) is 51.5 Å².